The summed E-state index contributed by atoms with van der Waals surface area (Å²) in [6, 6.07) is 7.17. The molecule has 3 heterocycles. The zero-order valence-electron chi connectivity index (χ0n) is 18.7. The van der Waals surface area contributed by atoms with Crippen LogP contribution in [0.4, 0.5) is 0 Å². The van der Waals surface area contributed by atoms with Gasteiger partial charge < -0.3 is 14.8 Å². The average molecular weight is 438 g/mol. The number of hydrogen-bond donors (Lipinski definition) is 1. The first-order valence-electron chi connectivity index (χ1n) is 11.7. The molecule has 1 aromatic heterocycles. The minimum atomic E-state index is -0.320. The molecule has 0 unspecified atom stereocenters. The first-order valence-corrected chi connectivity index (χ1v) is 11.7. The van der Waals surface area contributed by atoms with E-state index in [1.807, 2.05) is 13.0 Å². The van der Waals surface area contributed by atoms with Crippen LogP contribution in [0.2, 0.25) is 0 Å². The Kier molecular flexibility index (Phi) is 5.67. The highest BCUT2D eigenvalue weighted by molar-refractivity contribution is 5.95. The van der Waals surface area contributed by atoms with Gasteiger partial charge in [0, 0.05) is 24.3 Å². The zero-order chi connectivity index (χ0) is 22.1. The lowest BCUT2D eigenvalue weighted by Gasteiger charge is -2.43. The van der Waals surface area contributed by atoms with E-state index in [0.29, 0.717) is 29.3 Å². The summed E-state index contributed by atoms with van der Waals surface area (Å²) < 4.78 is 12.3. The normalized spacial score (nSPS) is 19.8. The second-order valence-electron chi connectivity index (χ2n) is 9.25. The molecule has 0 bridgehead atoms. The second-order valence-corrected chi connectivity index (χ2v) is 9.25. The number of piperidine rings is 1. The van der Waals surface area contributed by atoms with Gasteiger partial charge in [-0.2, -0.15) is 0 Å². The number of pyridine rings is 1. The lowest BCUT2D eigenvalue weighted by Crippen LogP contribution is -2.56. The van der Waals surface area contributed by atoms with E-state index in [4.69, 9.17) is 9.47 Å². The number of hydrogen-bond acceptors (Lipinski definition) is 5. The predicted octanol–water partition coefficient (Wildman–Crippen LogP) is 3.40. The highest BCUT2D eigenvalue weighted by Crippen LogP contribution is 2.37. The molecule has 1 saturated carbocycles. The largest absolute Gasteiger partial charge is 0.454 e. The number of nitrogens with zero attached hydrogens (tertiary/aromatic N) is 2. The van der Waals surface area contributed by atoms with Crippen molar-refractivity contribution in [1.82, 2.24) is 14.8 Å². The Balaban J connectivity index is 1.39. The summed E-state index contributed by atoms with van der Waals surface area (Å²) in [5.74, 6) is 0.975. The van der Waals surface area contributed by atoms with E-state index in [9.17, 15) is 9.59 Å². The summed E-state index contributed by atoms with van der Waals surface area (Å²) in [5, 5.41) is 3.14. The molecule has 2 fully saturated rings. The summed E-state index contributed by atoms with van der Waals surface area (Å²) >= 11 is 0. The topological polar surface area (TPSA) is 72.8 Å². The lowest BCUT2D eigenvalue weighted by molar-refractivity contribution is 0.0642. The molecule has 1 amide bonds. The van der Waals surface area contributed by atoms with Crippen LogP contribution in [-0.2, 0) is 0 Å². The van der Waals surface area contributed by atoms with Crippen molar-refractivity contribution < 1.29 is 14.3 Å². The van der Waals surface area contributed by atoms with Gasteiger partial charge in [-0.25, -0.2) is 0 Å². The first kappa shape index (κ1) is 21.1. The Morgan fingerprint density at radius 1 is 1.03 bits per heavy atom. The summed E-state index contributed by atoms with van der Waals surface area (Å²) in [4.78, 5) is 29.2. The van der Waals surface area contributed by atoms with E-state index < -0.39 is 0 Å². The van der Waals surface area contributed by atoms with Crippen LogP contribution in [0.1, 0.15) is 60.9 Å². The summed E-state index contributed by atoms with van der Waals surface area (Å²) in [7, 11) is 0. The van der Waals surface area contributed by atoms with Crippen LogP contribution in [0.25, 0.3) is 5.69 Å². The van der Waals surface area contributed by atoms with Gasteiger partial charge in [-0.1, -0.05) is 19.3 Å². The van der Waals surface area contributed by atoms with Crippen LogP contribution >= 0.6 is 0 Å². The highest BCUT2D eigenvalue weighted by Gasteiger charge is 2.40. The fraction of sp³-hybridized carbons (Fsp3) is 0.520. The Hall–Kier alpha value is -2.80. The van der Waals surface area contributed by atoms with E-state index in [1.54, 1.807) is 24.4 Å². The summed E-state index contributed by atoms with van der Waals surface area (Å²) in [6.07, 6.45) is 10.1. The third-order valence-corrected chi connectivity index (χ3v) is 7.30. The Morgan fingerprint density at radius 2 is 1.78 bits per heavy atom. The molecule has 170 valence electrons. The van der Waals surface area contributed by atoms with Crippen molar-refractivity contribution in [2.24, 2.45) is 0 Å². The van der Waals surface area contributed by atoms with Gasteiger partial charge in [0.1, 0.15) is 5.56 Å². The molecule has 2 aliphatic heterocycles. The number of likely N-dealkylation sites (tertiary alicyclic amines) is 1. The monoisotopic (exact) mass is 437 g/mol. The Labute approximate surface area is 188 Å². The second kappa shape index (κ2) is 8.62. The maximum absolute atomic E-state index is 13.3. The van der Waals surface area contributed by atoms with Crippen molar-refractivity contribution in [1.29, 1.82) is 0 Å². The fourth-order valence-corrected chi connectivity index (χ4v) is 5.48. The number of amides is 1. The standard InChI is InChI=1S/C25H31N3O4/c1-18-9-14-28(19-7-8-20-21(15-19)32-17-31-20)24(30)22(18)23(29)26-16-25(10-3-4-11-25)27-12-5-2-6-13-27/h7-9,14-15H,2-6,10-13,16-17H2,1H3,(H,26,29). The molecule has 3 aliphatic rings. The zero-order valence-corrected chi connectivity index (χ0v) is 18.7. The smallest absolute Gasteiger partial charge is 0.268 e. The molecule has 1 N–H and O–H groups in total. The molecule has 1 aliphatic carbocycles. The number of aryl methyl sites for hydroxylation is 1. The molecule has 0 atom stereocenters. The summed E-state index contributed by atoms with van der Waals surface area (Å²) in [6.45, 7) is 4.81. The predicted molar refractivity (Wildman–Crippen MR) is 122 cm³/mol. The Bertz CT molecular complexity index is 1070. The van der Waals surface area contributed by atoms with Crippen LogP contribution in [-0.4, -0.2) is 47.3 Å². The third-order valence-electron chi connectivity index (χ3n) is 7.30. The number of nitrogens with one attached hydrogen (secondary N) is 1. The fourth-order valence-electron chi connectivity index (χ4n) is 5.48. The molecule has 2 aromatic rings. The van der Waals surface area contributed by atoms with E-state index in [2.05, 4.69) is 10.2 Å². The van der Waals surface area contributed by atoms with Gasteiger partial charge in [-0.05, 0) is 69.5 Å². The Morgan fingerprint density at radius 3 is 2.56 bits per heavy atom. The van der Waals surface area contributed by atoms with Crippen molar-refractivity contribution >= 4 is 5.91 Å². The maximum atomic E-state index is 13.3. The molecule has 32 heavy (non-hydrogen) atoms. The SMILES string of the molecule is Cc1ccn(-c2ccc3c(c2)OCO3)c(=O)c1C(=O)NCC1(N2CCCCC2)CCCC1. The molecule has 7 nitrogen and oxygen atoms in total. The average Bonchev–Trinajstić information content (AvgIpc) is 3.48. The van der Waals surface area contributed by atoms with Crippen LogP contribution in [0.5, 0.6) is 11.5 Å². The quantitative estimate of drug-likeness (QED) is 0.776. The van der Waals surface area contributed by atoms with Gasteiger partial charge >= 0.3 is 0 Å². The van der Waals surface area contributed by atoms with E-state index >= 15 is 0 Å². The van der Waals surface area contributed by atoms with Crippen molar-refractivity contribution in [2.75, 3.05) is 26.4 Å². The molecule has 1 saturated heterocycles. The van der Waals surface area contributed by atoms with E-state index in [1.165, 1.54) is 36.7 Å². The molecule has 1 aromatic carbocycles. The number of benzene rings is 1. The van der Waals surface area contributed by atoms with Gasteiger partial charge in [-0.3, -0.25) is 19.1 Å². The van der Waals surface area contributed by atoms with Crippen molar-refractivity contribution in [3.63, 3.8) is 0 Å². The number of aromatic nitrogens is 1. The van der Waals surface area contributed by atoms with Crippen LogP contribution in [0.15, 0.2) is 35.3 Å². The van der Waals surface area contributed by atoms with Crippen LogP contribution in [0, 0.1) is 6.92 Å². The maximum Gasteiger partial charge on any atom is 0.268 e. The van der Waals surface area contributed by atoms with Gasteiger partial charge in [0.2, 0.25) is 6.79 Å². The van der Waals surface area contributed by atoms with Gasteiger partial charge in [0.15, 0.2) is 11.5 Å². The number of carbonyl (C=O) groups is 1. The number of carbonyl (C=O) groups excluding carboxylic acids is 1. The van der Waals surface area contributed by atoms with E-state index in [-0.39, 0.29) is 29.4 Å². The lowest BCUT2D eigenvalue weighted by atomic mass is 9.92. The first-order chi connectivity index (χ1) is 15.6. The number of rotatable bonds is 5. The molecule has 0 radical (unpaired) electrons. The van der Waals surface area contributed by atoms with Gasteiger partial charge in [0.25, 0.3) is 11.5 Å². The number of fused-ring (bicyclic) bond motifs is 1. The van der Waals surface area contributed by atoms with E-state index in [0.717, 1.165) is 25.9 Å². The highest BCUT2D eigenvalue weighted by atomic mass is 16.7. The number of ether oxygens (including phenoxy) is 2. The van der Waals surface area contributed by atoms with Crippen molar-refractivity contribution in [3.8, 4) is 17.2 Å². The van der Waals surface area contributed by atoms with Crippen molar-refractivity contribution in [2.45, 2.75) is 57.4 Å². The minimum Gasteiger partial charge on any atom is -0.454 e. The molecular weight excluding hydrogens is 406 g/mol. The molecule has 0 spiro atoms. The summed E-state index contributed by atoms with van der Waals surface area (Å²) in [5.41, 5.74) is 1.25. The molecular formula is C25H31N3O4. The van der Waals surface area contributed by atoms with Crippen molar-refractivity contribution in [3.05, 3.63) is 51.9 Å². The minimum absolute atomic E-state index is 0.0368. The molecule has 5 rings (SSSR count). The third kappa shape index (κ3) is 3.79. The van der Waals surface area contributed by atoms with Crippen LogP contribution < -0.4 is 20.3 Å². The van der Waals surface area contributed by atoms with Crippen LogP contribution in [0.3, 0.4) is 0 Å². The molecule has 7 heteroatoms. The van der Waals surface area contributed by atoms with Gasteiger partial charge in [0.05, 0.1) is 5.69 Å². The van der Waals surface area contributed by atoms with Gasteiger partial charge in [-0.15, -0.1) is 0 Å².